The monoisotopic (exact) mass is 230 g/mol. The predicted octanol–water partition coefficient (Wildman–Crippen LogP) is 2.50. The second kappa shape index (κ2) is 4.80. The quantitative estimate of drug-likeness (QED) is 0.819. The van der Waals surface area contributed by atoms with Crippen LogP contribution in [0.15, 0.2) is 30.7 Å². The van der Waals surface area contributed by atoms with Crippen molar-refractivity contribution < 1.29 is 4.74 Å². The third-order valence-corrected chi connectivity index (χ3v) is 3.53. The molecule has 1 aromatic rings. The molecule has 2 aliphatic rings. The van der Waals surface area contributed by atoms with Crippen molar-refractivity contribution in [2.75, 3.05) is 18.4 Å². The van der Waals surface area contributed by atoms with E-state index in [0.29, 0.717) is 0 Å². The Balaban J connectivity index is 1.71. The molecular formula is C14H18N2O. The van der Waals surface area contributed by atoms with Gasteiger partial charge in [-0.1, -0.05) is 6.07 Å². The number of ether oxygens (including phenoxy) is 1. The summed E-state index contributed by atoms with van der Waals surface area (Å²) in [6.07, 6.45) is 7.27. The average molecular weight is 230 g/mol. The molecule has 0 aliphatic carbocycles. The second-order valence-electron chi connectivity index (χ2n) is 4.79. The fourth-order valence-electron chi connectivity index (χ4n) is 2.57. The first-order valence-electron chi connectivity index (χ1n) is 6.34. The molecule has 0 amide bonds. The first kappa shape index (κ1) is 10.7. The number of hydrogen-bond donors (Lipinski definition) is 2. The van der Waals surface area contributed by atoms with Crippen LogP contribution >= 0.6 is 0 Å². The summed E-state index contributed by atoms with van der Waals surface area (Å²) in [5.74, 6) is 1.75. The molecule has 1 fully saturated rings. The number of benzene rings is 1. The molecule has 0 aromatic heterocycles. The van der Waals surface area contributed by atoms with Crippen LogP contribution in [-0.2, 0) is 6.42 Å². The third kappa shape index (κ3) is 2.44. The molecule has 0 spiro atoms. The average Bonchev–Trinajstić information content (AvgIpc) is 2.40. The van der Waals surface area contributed by atoms with E-state index in [9.17, 15) is 0 Å². The standard InChI is InChI=1S/C14H18N2O/c1-2-14-13(16-7-8-17-14)10-12(1)9-11-3-5-15-6-4-11/h1-2,7-8,10-11,15-16H,3-6,9H2. The van der Waals surface area contributed by atoms with Crippen LogP contribution in [0.3, 0.4) is 0 Å². The number of rotatable bonds is 2. The molecule has 1 saturated heterocycles. The van der Waals surface area contributed by atoms with Crippen LogP contribution in [-0.4, -0.2) is 13.1 Å². The van der Waals surface area contributed by atoms with Crippen LogP contribution in [0.5, 0.6) is 5.75 Å². The van der Waals surface area contributed by atoms with Gasteiger partial charge in [0.25, 0.3) is 0 Å². The van der Waals surface area contributed by atoms with E-state index in [1.807, 2.05) is 6.20 Å². The molecule has 2 aliphatic heterocycles. The van der Waals surface area contributed by atoms with Crippen molar-refractivity contribution in [3.8, 4) is 5.75 Å². The van der Waals surface area contributed by atoms with E-state index in [4.69, 9.17) is 4.74 Å². The lowest BCUT2D eigenvalue weighted by atomic mass is 9.91. The van der Waals surface area contributed by atoms with E-state index in [1.54, 1.807) is 6.26 Å². The predicted molar refractivity (Wildman–Crippen MR) is 69.1 cm³/mol. The first-order chi connectivity index (χ1) is 8.42. The summed E-state index contributed by atoms with van der Waals surface area (Å²) >= 11 is 0. The van der Waals surface area contributed by atoms with Gasteiger partial charge in [0, 0.05) is 6.20 Å². The van der Waals surface area contributed by atoms with Gasteiger partial charge in [-0.2, -0.15) is 0 Å². The van der Waals surface area contributed by atoms with Crippen molar-refractivity contribution in [3.63, 3.8) is 0 Å². The molecule has 0 atom stereocenters. The fraction of sp³-hybridized carbons (Fsp3) is 0.429. The van der Waals surface area contributed by atoms with Crippen LogP contribution in [0.1, 0.15) is 18.4 Å². The highest BCUT2D eigenvalue weighted by atomic mass is 16.5. The van der Waals surface area contributed by atoms with Gasteiger partial charge in [-0.15, -0.1) is 0 Å². The minimum absolute atomic E-state index is 0.828. The van der Waals surface area contributed by atoms with E-state index in [0.717, 1.165) is 17.4 Å². The Kier molecular flexibility index (Phi) is 3.01. The van der Waals surface area contributed by atoms with Gasteiger partial charge >= 0.3 is 0 Å². The Bertz CT molecular complexity index is 422. The van der Waals surface area contributed by atoms with Crippen LogP contribution < -0.4 is 15.4 Å². The van der Waals surface area contributed by atoms with E-state index in [2.05, 4.69) is 28.8 Å². The molecule has 2 N–H and O–H groups in total. The lowest BCUT2D eigenvalue weighted by Gasteiger charge is -2.23. The summed E-state index contributed by atoms with van der Waals surface area (Å²) in [5.41, 5.74) is 2.49. The van der Waals surface area contributed by atoms with E-state index in [1.165, 1.54) is 37.9 Å². The van der Waals surface area contributed by atoms with Crippen molar-refractivity contribution in [3.05, 3.63) is 36.2 Å². The lowest BCUT2D eigenvalue weighted by molar-refractivity contribution is 0.372. The SMILES string of the molecule is C1=COc2ccc(CC3CCNCC3)cc2N1. The van der Waals surface area contributed by atoms with Gasteiger partial charge in [-0.3, -0.25) is 0 Å². The minimum Gasteiger partial charge on any atom is -0.461 e. The molecular weight excluding hydrogens is 212 g/mol. The Morgan fingerprint density at radius 3 is 3.00 bits per heavy atom. The summed E-state index contributed by atoms with van der Waals surface area (Å²) in [6.45, 7) is 2.33. The van der Waals surface area contributed by atoms with Gasteiger partial charge in [-0.25, -0.2) is 0 Å². The number of nitrogens with one attached hydrogen (secondary N) is 2. The topological polar surface area (TPSA) is 33.3 Å². The smallest absolute Gasteiger partial charge is 0.150 e. The summed E-state index contributed by atoms with van der Waals surface area (Å²) in [4.78, 5) is 0. The Morgan fingerprint density at radius 2 is 2.12 bits per heavy atom. The van der Waals surface area contributed by atoms with Gasteiger partial charge < -0.3 is 15.4 Å². The van der Waals surface area contributed by atoms with Crippen molar-refractivity contribution in [1.29, 1.82) is 0 Å². The molecule has 0 saturated carbocycles. The molecule has 2 heterocycles. The van der Waals surface area contributed by atoms with E-state index >= 15 is 0 Å². The second-order valence-corrected chi connectivity index (χ2v) is 4.79. The third-order valence-electron chi connectivity index (χ3n) is 3.53. The first-order valence-corrected chi connectivity index (χ1v) is 6.34. The highest BCUT2D eigenvalue weighted by Crippen LogP contribution is 2.30. The molecule has 0 radical (unpaired) electrons. The van der Waals surface area contributed by atoms with Crippen molar-refractivity contribution in [2.24, 2.45) is 5.92 Å². The van der Waals surface area contributed by atoms with Gasteiger partial charge in [0.05, 0.1) is 5.69 Å². The number of piperidine rings is 1. The highest BCUT2D eigenvalue weighted by molar-refractivity contribution is 5.61. The van der Waals surface area contributed by atoms with Crippen LogP contribution in [0, 0.1) is 5.92 Å². The minimum atomic E-state index is 0.828. The van der Waals surface area contributed by atoms with Crippen LogP contribution in [0.25, 0.3) is 0 Å². The summed E-state index contributed by atoms with van der Waals surface area (Å²) in [5, 5.41) is 6.63. The summed E-state index contributed by atoms with van der Waals surface area (Å²) in [6, 6.07) is 6.45. The highest BCUT2D eigenvalue weighted by Gasteiger charge is 2.14. The molecule has 3 nitrogen and oxygen atoms in total. The maximum Gasteiger partial charge on any atom is 0.150 e. The summed E-state index contributed by atoms with van der Waals surface area (Å²) < 4.78 is 5.42. The largest absolute Gasteiger partial charge is 0.461 e. The van der Waals surface area contributed by atoms with Crippen LogP contribution in [0.4, 0.5) is 5.69 Å². The van der Waals surface area contributed by atoms with Crippen molar-refractivity contribution in [1.82, 2.24) is 5.32 Å². The zero-order valence-electron chi connectivity index (χ0n) is 9.91. The van der Waals surface area contributed by atoms with Crippen LogP contribution in [0.2, 0.25) is 0 Å². The number of fused-ring (bicyclic) bond motifs is 1. The van der Waals surface area contributed by atoms with Gasteiger partial charge in [0.2, 0.25) is 0 Å². The molecule has 3 rings (SSSR count). The molecule has 1 aromatic carbocycles. The lowest BCUT2D eigenvalue weighted by Crippen LogP contribution is -2.28. The van der Waals surface area contributed by atoms with Gasteiger partial charge in [-0.05, 0) is 56.0 Å². The van der Waals surface area contributed by atoms with E-state index < -0.39 is 0 Å². The normalized spacial score (nSPS) is 19.3. The maximum absolute atomic E-state index is 5.42. The Hall–Kier alpha value is -1.48. The summed E-state index contributed by atoms with van der Waals surface area (Å²) in [7, 11) is 0. The Morgan fingerprint density at radius 1 is 1.24 bits per heavy atom. The zero-order valence-corrected chi connectivity index (χ0v) is 9.91. The molecule has 0 bridgehead atoms. The fourth-order valence-corrected chi connectivity index (χ4v) is 2.57. The molecule has 0 unspecified atom stereocenters. The molecule has 90 valence electrons. The van der Waals surface area contributed by atoms with E-state index in [-0.39, 0.29) is 0 Å². The zero-order chi connectivity index (χ0) is 11.5. The maximum atomic E-state index is 5.42. The number of anilines is 1. The molecule has 3 heteroatoms. The van der Waals surface area contributed by atoms with Crippen molar-refractivity contribution in [2.45, 2.75) is 19.3 Å². The van der Waals surface area contributed by atoms with Crippen molar-refractivity contribution >= 4 is 5.69 Å². The van der Waals surface area contributed by atoms with Gasteiger partial charge in [0.15, 0.2) is 0 Å². The molecule has 17 heavy (non-hydrogen) atoms. The number of hydrogen-bond acceptors (Lipinski definition) is 3. The van der Waals surface area contributed by atoms with Gasteiger partial charge in [0.1, 0.15) is 12.0 Å². The Labute approximate surface area is 102 Å².